The number of rotatable bonds is 8. The van der Waals surface area contributed by atoms with E-state index in [-0.39, 0.29) is 35.6 Å². The minimum atomic E-state index is -4.60. The number of imidazole rings is 1. The minimum absolute atomic E-state index is 0.0136. The number of hydrogen-bond donors (Lipinski definition) is 1. The number of anilines is 1. The topological polar surface area (TPSA) is 119 Å². The summed E-state index contributed by atoms with van der Waals surface area (Å²) in [5.41, 5.74) is -0.972. The van der Waals surface area contributed by atoms with E-state index in [2.05, 4.69) is 19.9 Å². The van der Waals surface area contributed by atoms with Gasteiger partial charge < -0.3 is 4.98 Å². The first-order valence-corrected chi connectivity index (χ1v) is 12.2. The zero-order chi connectivity index (χ0) is 27.6. The van der Waals surface area contributed by atoms with Crippen LogP contribution in [0.25, 0.3) is 22.6 Å². The lowest BCUT2D eigenvalue weighted by atomic mass is 10.2. The lowest BCUT2D eigenvalue weighted by Crippen LogP contribution is -2.40. The highest BCUT2D eigenvalue weighted by Gasteiger charge is 2.32. The predicted octanol–water partition coefficient (Wildman–Crippen LogP) is 3.85. The summed E-state index contributed by atoms with van der Waals surface area (Å²) in [5, 5.41) is 0. The fourth-order valence-electron chi connectivity index (χ4n) is 4.09. The summed E-state index contributed by atoms with van der Waals surface area (Å²) < 4.78 is 41.1. The average Bonchev–Trinajstić information content (AvgIpc) is 3.35. The molecule has 0 fully saturated rings. The number of H-pyrrole nitrogens is 1. The molecule has 1 N–H and O–H groups in total. The van der Waals surface area contributed by atoms with Crippen LogP contribution in [0.15, 0.2) is 46.2 Å². The van der Waals surface area contributed by atoms with E-state index in [0.29, 0.717) is 30.8 Å². The summed E-state index contributed by atoms with van der Waals surface area (Å²) in [7, 11) is 0. The van der Waals surface area contributed by atoms with Gasteiger partial charge in [-0.15, -0.1) is 0 Å². The van der Waals surface area contributed by atoms with Crippen molar-refractivity contribution < 1.29 is 18.0 Å². The first-order chi connectivity index (χ1) is 18.1. The Morgan fingerprint density at radius 3 is 2.24 bits per heavy atom. The number of hydrogen-bond acceptors (Lipinski definition) is 6. The molecule has 0 unspecified atom stereocenters. The van der Waals surface area contributed by atoms with E-state index >= 15 is 0 Å². The molecule has 4 rings (SSSR count). The summed E-state index contributed by atoms with van der Waals surface area (Å²) in [4.78, 5) is 55.3. The smallest absolute Gasteiger partial charge is 0.332 e. The summed E-state index contributed by atoms with van der Waals surface area (Å²) in [6.07, 6.45) is -0.964. The first-order valence-electron chi connectivity index (χ1n) is 12.2. The highest BCUT2D eigenvalue weighted by Crippen LogP contribution is 2.27. The Labute approximate surface area is 214 Å². The molecule has 1 amide bonds. The third-order valence-corrected chi connectivity index (χ3v) is 5.92. The fourth-order valence-corrected chi connectivity index (χ4v) is 4.09. The van der Waals surface area contributed by atoms with E-state index < -0.39 is 29.0 Å². The molecule has 0 spiro atoms. The maximum atomic E-state index is 13.0. The molecule has 4 aromatic heterocycles. The Morgan fingerprint density at radius 1 is 0.974 bits per heavy atom. The normalized spacial score (nSPS) is 11.7. The van der Waals surface area contributed by atoms with Crippen molar-refractivity contribution in [2.24, 2.45) is 0 Å². The van der Waals surface area contributed by atoms with Crippen LogP contribution < -0.4 is 16.1 Å². The van der Waals surface area contributed by atoms with Crippen molar-refractivity contribution >= 4 is 22.9 Å². The van der Waals surface area contributed by atoms with Crippen molar-refractivity contribution in [1.82, 2.24) is 29.1 Å². The number of nitrogens with one attached hydrogen (secondary N) is 1. The Morgan fingerprint density at radius 2 is 1.68 bits per heavy atom. The molecule has 4 heterocycles. The molecule has 0 saturated carbocycles. The van der Waals surface area contributed by atoms with Crippen LogP contribution in [0.3, 0.4) is 0 Å². The number of aromatic nitrogens is 6. The Kier molecular flexibility index (Phi) is 7.46. The summed E-state index contributed by atoms with van der Waals surface area (Å²) in [6.45, 7) is 6.40. The van der Waals surface area contributed by atoms with Gasteiger partial charge >= 0.3 is 11.9 Å². The average molecular weight is 530 g/mol. The molecule has 13 heteroatoms. The number of aryl methyl sites for hydroxylation is 1. The standard InChI is InChI=1S/C25H26F3N7O3/c1-4-11-34-21-19(23(37)35(12-5-2)24(34)38)31-20(32-21)15-8-10-18(30-13-15)33(6-3)22(36)16-7-9-17(29-14-16)25(26,27)28/h7-10,13-14H,4-6,11-12H2,1-3H3,(H,31,32). The number of amides is 1. The van der Waals surface area contributed by atoms with E-state index in [1.807, 2.05) is 13.8 Å². The number of fused-ring (bicyclic) bond motifs is 1. The van der Waals surface area contributed by atoms with Gasteiger partial charge in [-0.3, -0.25) is 28.6 Å². The molecule has 0 aliphatic heterocycles. The monoisotopic (exact) mass is 529 g/mol. The quantitative estimate of drug-likeness (QED) is 0.370. The number of halogens is 3. The van der Waals surface area contributed by atoms with Crippen LogP contribution in [0.4, 0.5) is 19.0 Å². The van der Waals surface area contributed by atoms with Crippen molar-refractivity contribution in [3.05, 3.63) is 68.8 Å². The number of alkyl halides is 3. The summed E-state index contributed by atoms with van der Waals surface area (Å²) >= 11 is 0. The first kappa shape index (κ1) is 26.8. The van der Waals surface area contributed by atoms with Gasteiger partial charge in [0, 0.05) is 37.6 Å². The van der Waals surface area contributed by atoms with Crippen molar-refractivity contribution in [3.63, 3.8) is 0 Å². The maximum absolute atomic E-state index is 13.0. The van der Waals surface area contributed by atoms with Gasteiger partial charge in [0.15, 0.2) is 5.65 Å². The third kappa shape index (κ3) is 4.95. The van der Waals surface area contributed by atoms with Crippen LogP contribution >= 0.6 is 0 Å². The Balaban J connectivity index is 1.67. The minimum Gasteiger partial charge on any atom is -0.332 e. The van der Waals surface area contributed by atoms with Crippen LogP contribution in [0.5, 0.6) is 0 Å². The van der Waals surface area contributed by atoms with Gasteiger partial charge in [-0.1, -0.05) is 13.8 Å². The van der Waals surface area contributed by atoms with Gasteiger partial charge in [0.25, 0.3) is 11.5 Å². The van der Waals surface area contributed by atoms with E-state index in [0.717, 1.165) is 18.3 Å². The number of aromatic amines is 1. The van der Waals surface area contributed by atoms with Crippen molar-refractivity contribution in [2.75, 3.05) is 11.4 Å². The second-order valence-corrected chi connectivity index (χ2v) is 8.56. The van der Waals surface area contributed by atoms with Crippen LogP contribution in [0.2, 0.25) is 0 Å². The molecule has 0 aliphatic carbocycles. The van der Waals surface area contributed by atoms with Gasteiger partial charge in [0.2, 0.25) is 0 Å². The second kappa shape index (κ2) is 10.6. The molecule has 0 aromatic carbocycles. The largest absolute Gasteiger partial charge is 0.433 e. The van der Waals surface area contributed by atoms with Crippen molar-refractivity contribution in [3.8, 4) is 11.4 Å². The fraction of sp³-hybridized carbons (Fsp3) is 0.360. The number of carbonyl (C=O) groups is 1. The molecule has 0 aliphatic rings. The van der Waals surface area contributed by atoms with Gasteiger partial charge in [-0.05, 0) is 44.0 Å². The number of nitrogens with zero attached hydrogens (tertiary/aromatic N) is 6. The highest BCUT2D eigenvalue weighted by molar-refractivity contribution is 6.05. The zero-order valence-electron chi connectivity index (χ0n) is 21.0. The Bertz CT molecular complexity index is 1570. The number of pyridine rings is 2. The lowest BCUT2D eigenvalue weighted by Gasteiger charge is -2.20. The molecule has 0 atom stereocenters. The molecule has 38 heavy (non-hydrogen) atoms. The predicted molar refractivity (Wildman–Crippen MR) is 135 cm³/mol. The molecular weight excluding hydrogens is 503 g/mol. The lowest BCUT2D eigenvalue weighted by molar-refractivity contribution is -0.141. The van der Waals surface area contributed by atoms with Crippen LogP contribution in [-0.2, 0) is 19.3 Å². The highest BCUT2D eigenvalue weighted by atomic mass is 19.4. The Hall–Kier alpha value is -4.29. The molecule has 4 aromatic rings. The molecule has 0 radical (unpaired) electrons. The number of carbonyl (C=O) groups excluding carboxylic acids is 1. The summed E-state index contributed by atoms with van der Waals surface area (Å²) in [6, 6.07) is 5.04. The molecule has 200 valence electrons. The van der Waals surface area contributed by atoms with E-state index in [1.54, 1.807) is 19.1 Å². The maximum Gasteiger partial charge on any atom is 0.433 e. The van der Waals surface area contributed by atoms with E-state index in [1.165, 1.54) is 20.2 Å². The van der Waals surface area contributed by atoms with Gasteiger partial charge in [0.1, 0.15) is 22.9 Å². The van der Waals surface area contributed by atoms with Crippen molar-refractivity contribution in [2.45, 2.75) is 52.9 Å². The van der Waals surface area contributed by atoms with Crippen LogP contribution in [-0.4, -0.2) is 41.5 Å². The summed E-state index contributed by atoms with van der Waals surface area (Å²) in [5.74, 6) is 0.0409. The second-order valence-electron chi connectivity index (χ2n) is 8.56. The molecule has 0 bridgehead atoms. The van der Waals surface area contributed by atoms with E-state index in [9.17, 15) is 27.6 Å². The van der Waals surface area contributed by atoms with Crippen molar-refractivity contribution in [1.29, 1.82) is 0 Å². The van der Waals surface area contributed by atoms with Gasteiger partial charge in [-0.25, -0.2) is 14.8 Å². The zero-order valence-corrected chi connectivity index (χ0v) is 21.0. The van der Waals surface area contributed by atoms with Crippen LogP contribution in [0, 0.1) is 0 Å². The molecule has 10 nitrogen and oxygen atoms in total. The van der Waals surface area contributed by atoms with Gasteiger partial charge in [0.05, 0.1) is 5.56 Å². The van der Waals surface area contributed by atoms with Crippen LogP contribution in [0.1, 0.15) is 49.7 Å². The third-order valence-electron chi connectivity index (χ3n) is 5.92. The molecule has 0 saturated heterocycles. The molecular formula is C25H26F3N7O3. The van der Waals surface area contributed by atoms with E-state index in [4.69, 9.17) is 0 Å². The van der Waals surface area contributed by atoms with Gasteiger partial charge in [-0.2, -0.15) is 13.2 Å². The SMILES string of the molecule is CCCn1c(=O)c2[nH]c(-c3ccc(N(CC)C(=O)c4ccc(C(F)(F)F)nc4)nc3)nc2n(CCC)c1=O.